The van der Waals surface area contributed by atoms with E-state index in [0.717, 1.165) is 13.1 Å². The molecule has 0 atom stereocenters. The van der Waals surface area contributed by atoms with Crippen LogP contribution >= 0.6 is 31.9 Å². The summed E-state index contributed by atoms with van der Waals surface area (Å²) >= 11 is 6.42. The van der Waals surface area contributed by atoms with Crippen LogP contribution in [0.4, 0.5) is 5.82 Å². The summed E-state index contributed by atoms with van der Waals surface area (Å²) in [5, 5.41) is 13.6. The first-order valence-corrected chi connectivity index (χ1v) is 7.34. The van der Waals surface area contributed by atoms with E-state index in [1.54, 1.807) is 10.9 Å². The number of rotatable bonds is 3. The molecule has 0 bridgehead atoms. The van der Waals surface area contributed by atoms with E-state index in [9.17, 15) is 4.79 Å². The van der Waals surface area contributed by atoms with Gasteiger partial charge in [0.15, 0.2) is 11.5 Å². The van der Waals surface area contributed by atoms with Crippen molar-refractivity contribution in [1.29, 1.82) is 0 Å². The van der Waals surface area contributed by atoms with E-state index < -0.39 is 0 Å². The lowest BCUT2D eigenvalue weighted by Crippen LogP contribution is -2.43. The van der Waals surface area contributed by atoms with Crippen LogP contribution in [0.5, 0.6) is 0 Å². The van der Waals surface area contributed by atoms with Gasteiger partial charge >= 0.3 is 0 Å². The minimum absolute atomic E-state index is 0.244. The first-order chi connectivity index (χ1) is 9.63. The molecule has 10 heteroatoms. The van der Waals surface area contributed by atoms with Crippen molar-refractivity contribution in [2.75, 3.05) is 18.4 Å². The van der Waals surface area contributed by atoms with E-state index in [1.165, 1.54) is 6.20 Å². The Morgan fingerprint density at radius 3 is 2.90 bits per heavy atom. The smallest absolute Gasteiger partial charge is 0.279 e. The average molecular weight is 403 g/mol. The Bertz CT molecular complexity index is 655. The van der Waals surface area contributed by atoms with Gasteiger partial charge in [-0.3, -0.25) is 4.79 Å². The van der Waals surface area contributed by atoms with E-state index in [2.05, 4.69) is 62.8 Å². The van der Waals surface area contributed by atoms with Crippen molar-refractivity contribution in [2.24, 2.45) is 0 Å². The highest BCUT2D eigenvalue weighted by Gasteiger charge is 2.22. The molecule has 3 heterocycles. The van der Waals surface area contributed by atoms with Crippen molar-refractivity contribution in [3.8, 4) is 0 Å². The average Bonchev–Trinajstić information content (AvgIpc) is 2.80. The van der Waals surface area contributed by atoms with Crippen LogP contribution in [-0.4, -0.2) is 44.0 Å². The summed E-state index contributed by atoms with van der Waals surface area (Å²) in [6.07, 6.45) is 3.12. The molecular weight excluding hydrogens is 394 g/mol. The van der Waals surface area contributed by atoms with E-state index >= 15 is 0 Å². The molecule has 0 spiro atoms. The van der Waals surface area contributed by atoms with Crippen LogP contribution < -0.4 is 10.6 Å². The number of amides is 1. The number of carbonyl (C=O) groups excluding carboxylic acids is 1. The quantitative estimate of drug-likeness (QED) is 0.794. The molecule has 104 valence electrons. The third kappa shape index (κ3) is 2.72. The molecule has 1 fully saturated rings. The molecule has 2 aromatic heterocycles. The molecule has 0 aliphatic carbocycles. The van der Waals surface area contributed by atoms with Crippen LogP contribution in [0.15, 0.2) is 21.6 Å². The van der Waals surface area contributed by atoms with Gasteiger partial charge in [-0.2, -0.15) is 0 Å². The molecule has 1 amide bonds. The molecule has 0 aromatic carbocycles. The number of hydrogen-bond donors (Lipinski definition) is 2. The Balaban J connectivity index is 1.73. The van der Waals surface area contributed by atoms with Gasteiger partial charge in [0.2, 0.25) is 0 Å². The van der Waals surface area contributed by atoms with Crippen molar-refractivity contribution in [3.05, 3.63) is 27.3 Å². The normalized spacial score (nSPS) is 14.9. The number of hydrogen-bond acceptors (Lipinski definition) is 6. The fourth-order valence-electron chi connectivity index (χ4n) is 1.62. The second-order valence-electron chi connectivity index (χ2n) is 4.18. The monoisotopic (exact) mass is 401 g/mol. The lowest BCUT2D eigenvalue weighted by Gasteiger charge is -2.26. The second-order valence-corrected chi connectivity index (χ2v) is 5.75. The molecule has 2 aromatic rings. The van der Waals surface area contributed by atoms with Gasteiger partial charge < -0.3 is 10.6 Å². The van der Waals surface area contributed by atoms with E-state index in [-0.39, 0.29) is 17.6 Å². The molecule has 1 saturated heterocycles. The van der Waals surface area contributed by atoms with Crippen molar-refractivity contribution < 1.29 is 4.79 Å². The zero-order chi connectivity index (χ0) is 14.1. The molecule has 20 heavy (non-hydrogen) atoms. The zero-order valence-electron chi connectivity index (χ0n) is 10.0. The molecule has 0 unspecified atom stereocenters. The highest BCUT2D eigenvalue weighted by atomic mass is 79.9. The highest BCUT2D eigenvalue weighted by Crippen LogP contribution is 2.20. The summed E-state index contributed by atoms with van der Waals surface area (Å²) in [7, 11) is 0. The Morgan fingerprint density at radius 1 is 1.45 bits per heavy atom. The zero-order valence-corrected chi connectivity index (χ0v) is 13.2. The fourth-order valence-corrected chi connectivity index (χ4v) is 2.53. The fraction of sp³-hybridized carbons (Fsp3) is 0.300. The summed E-state index contributed by atoms with van der Waals surface area (Å²) < 4.78 is 2.70. The molecular formula is C10H9Br2N7O. The van der Waals surface area contributed by atoms with Gasteiger partial charge in [0.25, 0.3) is 5.91 Å². The summed E-state index contributed by atoms with van der Waals surface area (Å²) in [6.45, 7) is 1.68. The summed E-state index contributed by atoms with van der Waals surface area (Å²) in [5.74, 6) is -0.0427. The molecule has 8 nitrogen and oxygen atoms in total. The highest BCUT2D eigenvalue weighted by molar-refractivity contribution is 9.11. The molecule has 0 radical (unpaired) electrons. The number of aromatic nitrogens is 5. The number of nitrogens with one attached hydrogen (secondary N) is 2. The first-order valence-electron chi connectivity index (χ1n) is 5.75. The van der Waals surface area contributed by atoms with E-state index in [4.69, 9.17) is 0 Å². The predicted molar refractivity (Wildman–Crippen MR) is 77.3 cm³/mol. The lowest BCUT2D eigenvalue weighted by atomic mass is 10.2. The van der Waals surface area contributed by atoms with Gasteiger partial charge in [0.05, 0.1) is 18.4 Å². The minimum atomic E-state index is -0.374. The van der Waals surface area contributed by atoms with Gasteiger partial charge in [-0.25, -0.2) is 14.6 Å². The molecule has 0 saturated carbocycles. The largest absolute Gasteiger partial charge is 0.312 e. The molecule has 2 N–H and O–H groups in total. The summed E-state index contributed by atoms with van der Waals surface area (Å²) in [4.78, 5) is 20.2. The third-order valence-corrected chi connectivity index (χ3v) is 3.74. The van der Waals surface area contributed by atoms with Gasteiger partial charge in [-0.1, -0.05) is 5.21 Å². The molecule has 1 aliphatic heterocycles. The van der Waals surface area contributed by atoms with Gasteiger partial charge in [0, 0.05) is 13.1 Å². The van der Waals surface area contributed by atoms with Crippen LogP contribution in [0.1, 0.15) is 16.5 Å². The molecule has 1 aliphatic rings. The topological polar surface area (TPSA) is 97.6 Å². The number of anilines is 1. The Hall–Kier alpha value is -1.39. The SMILES string of the molecule is O=C(Nc1ncc(Br)nc1Br)c1cn(C2CNC2)nn1. The summed E-state index contributed by atoms with van der Waals surface area (Å²) in [5.41, 5.74) is 0.244. The maximum absolute atomic E-state index is 12.1. The van der Waals surface area contributed by atoms with Crippen LogP contribution in [0.25, 0.3) is 0 Å². The van der Waals surface area contributed by atoms with Crippen LogP contribution in [-0.2, 0) is 0 Å². The predicted octanol–water partition coefficient (Wildman–Crippen LogP) is 0.990. The Morgan fingerprint density at radius 2 is 2.25 bits per heavy atom. The maximum atomic E-state index is 12.1. The van der Waals surface area contributed by atoms with Crippen LogP contribution in [0, 0.1) is 0 Å². The van der Waals surface area contributed by atoms with Crippen molar-refractivity contribution in [3.63, 3.8) is 0 Å². The first kappa shape index (κ1) is 13.6. The van der Waals surface area contributed by atoms with Gasteiger partial charge in [0.1, 0.15) is 9.21 Å². The second kappa shape index (κ2) is 5.54. The molecule has 3 rings (SSSR count). The number of nitrogens with zero attached hydrogens (tertiary/aromatic N) is 5. The van der Waals surface area contributed by atoms with Crippen molar-refractivity contribution in [1.82, 2.24) is 30.3 Å². The van der Waals surface area contributed by atoms with Crippen molar-refractivity contribution >= 4 is 43.6 Å². The number of carbonyl (C=O) groups is 1. The Labute approximate surface area is 130 Å². The number of halogens is 2. The Kier molecular flexibility index (Phi) is 3.76. The summed E-state index contributed by atoms with van der Waals surface area (Å²) in [6, 6.07) is 0.267. The van der Waals surface area contributed by atoms with E-state index in [0.29, 0.717) is 15.0 Å². The maximum Gasteiger partial charge on any atom is 0.279 e. The van der Waals surface area contributed by atoms with Gasteiger partial charge in [-0.15, -0.1) is 5.10 Å². The standard InChI is InChI=1S/C10H9Br2N7O/c11-7-3-14-9(8(12)15-7)16-10(20)6-4-19(18-17-6)5-1-13-2-5/h3-5,13H,1-2H2,(H,14,16,20). The lowest BCUT2D eigenvalue weighted by molar-refractivity contribution is 0.102. The van der Waals surface area contributed by atoms with Gasteiger partial charge in [-0.05, 0) is 31.9 Å². The van der Waals surface area contributed by atoms with Crippen LogP contribution in [0.2, 0.25) is 0 Å². The minimum Gasteiger partial charge on any atom is -0.312 e. The third-order valence-electron chi connectivity index (χ3n) is 2.81. The van der Waals surface area contributed by atoms with Crippen LogP contribution in [0.3, 0.4) is 0 Å². The van der Waals surface area contributed by atoms with E-state index in [1.807, 2.05) is 0 Å². The van der Waals surface area contributed by atoms with Crippen molar-refractivity contribution in [2.45, 2.75) is 6.04 Å².